The summed E-state index contributed by atoms with van der Waals surface area (Å²) in [5, 5.41) is 2.42. The van der Waals surface area contributed by atoms with Gasteiger partial charge in [-0.1, -0.05) is 17.7 Å². The van der Waals surface area contributed by atoms with Gasteiger partial charge in [-0.25, -0.2) is 4.39 Å². The molecular formula is C16H14BrClFNO3. The molecule has 0 atom stereocenters. The summed E-state index contributed by atoms with van der Waals surface area (Å²) in [4.78, 5) is 12.3. The highest BCUT2D eigenvalue weighted by atomic mass is 79.9. The van der Waals surface area contributed by atoms with E-state index in [1.807, 2.05) is 6.92 Å². The molecule has 0 aliphatic heterocycles. The smallest absolute Gasteiger partial charge is 0.255 e. The van der Waals surface area contributed by atoms with Gasteiger partial charge in [0.05, 0.1) is 28.9 Å². The van der Waals surface area contributed by atoms with Crippen molar-refractivity contribution in [3.63, 3.8) is 0 Å². The SMILES string of the molecule is CCOc1c(Br)cc(C(=O)Nc2cccc(Cl)c2F)cc1OC. The Kier molecular flexibility index (Phi) is 5.85. The minimum Gasteiger partial charge on any atom is -0.493 e. The fourth-order valence-corrected chi connectivity index (χ4v) is 2.66. The Morgan fingerprint density at radius 3 is 2.78 bits per heavy atom. The van der Waals surface area contributed by atoms with Gasteiger partial charge in [0.15, 0.2) is 17.3 Å². The first-order chi connectivity index (χ1) is 11.0. The molecule has 0 aliphatic rings. The van der Waals surface area contributed by atoms with Crippen molar-refractivity contribution < 1.29 is 18.7 Å². The predicted octanol–water partition coefficient (Wildman–Crippen LogP) is 4.90. The minimum absolute atomic E-state index is 0.00599. The molecule has 2 rings (SSSR count). The summed E-state index contributed by atoms with van der Waals surface area (Å²) in [6.45, 7) is 2.29. The molecule has 0 saturated carbocycles. The fraction of sp³-hybridized carbons (Fsp3) is 0.188. The number of methoxy groups -OCH3 is 1. The molecule has 0 radical (unpaired) electrons. The number of anilines is 1. The van der Waals surface area contributed by atoms with Gasteiger partial charge in [0, 0.05) is 5.56 Å². The Morgan fingerprint density at radius 2 is 2.13 bits per heavy atom. The summed E-state index contributed by atoms with van der Waals surface area (Å²) < 4.78 is 25.1. The first kappa shape index (κ1) is 17.6. The molecule has 0 fully saturated rings. The number of halogens is 3. The Morgan fingerprint density at radius 1 is 1.39 bits per heavy atom. The van der Waals surface area contributed by atoms with E-state index in [4.69, 9.17) is 21.1 Å². The van der Waals surface area contributed by atoms with Gasteiger partial charge in [-0.05, 0) is 47.1 Å². The fourth-order valence-electron chi connectivity index (χ4n) is 1.93. The molecule has 0 spiro atoms. The van der Waals surface area contributed by atoms with Crippen molar-refractivity contribution in [3.05, 3.63) is 51.2 Å². The third-order valence-electron chi connectivity index (χ3n) is 2.98. The van der Waals surface area contributed by atoms with Crippen molar-refractivity contribution >= 4 is 39.1 Å². The van der Waals surface area contributed by atoms with Crippen LogP contribution in [-0.2, 0) is 0 Å². The lowest BCUT2D eigenvalue weighted by Gasteiger charge is -2.13. The van der Waals surface area contributed by atoms with E-state index in [2.05, 4.69) is 21.2 Å². The zero-order chi connectivity index (χ0) is 17.0. The molecule has 0 aromatic heterocycles. The van der Waals surface area contributed by atoms with Gasteiger partial charge < -0.3 is 14.8 Å². The second-order valence-corrected chi connectivity index (χ2v) is 5.74. The highest BCUT2D eigenvalue weighted by molar-refractivity contribution is 9.10. The van der Waals surface area contributed by atoms with Crippen LogP contribution >= 0.6 is 27.5 Å². The highest BCUT2D eigenvalue weighted by Crippen LogP contribution is 2.37. The summed E-state index contributed by atoms with van der Waals surface area (Å²) in [6, 6.07) is 7.48. The van der Waals surface area contributed by atoms with Crippen LogP contribution in [0.25, 0.3) is 0 Å². The number of amides is 1. The zero-order valence-corrected chi connectivity index (χ0v) is 14.8. The van der Waals surface area contributed by atoms with E-state index in [9.17, 15) is 9.18 Å². The van der Waals surface area contributed by atoms with Gasteiger partial charge in [-0.2, -0.15) is 0 Å². The lowest BCUT2D eigenvalue weighted by atomic mass is 10.1. The van der Waals surface area contributed by atoms with Crippen molar-refractivity contribution in [1.82, 2.24) is 0 Å². The molecule has 0 bridgehead atoms. The third-order valence-corrected chi connectivity index (χ3v) is 3.86. The van der Waals surface area contributed by atoms with Crippen molar-refractivity contribution in [3.8, 4) is 11.5 Å². The van der Waals surface area contributed by atoms with Crippen molar-refractivity contribution in [2.75, 3.05) is 19.0 Å². The molecule has 0 heterocycles. The van der Waals surface area contributed by atoms with Crippen LogP contribution in [-0.4, -0.2) is 19.6 Å². The number of hydrogen-bond donors (Lipinski definition) is 1. The van der Waals surface area contributed by atoms with Crippen molar-refractivity contribution in [2.24, 2.45) is 0 Å². The molecule has 122 valence electrons. The number of rotatable bonds is 5. The standard InChI is InChI=1S/C16H14BrClFNO3/c1-3-23-15-10(17)7-9(8-13(15)22-2)16(21)20-12-6-4-5-11(18)14(12)19/h4-8H,3H2,1-2H3,(H,20,21). The number of ether oxygens (including phenoxy) is 2. The van der Waals surface area contributed by atoms with Crippen LogP contribution in [0.2, 0.25) is 5.02 Å². The van der Waals surface area contributed by atoms with E-state index in [0.717, 1.165) is 0 Å². The summed E-state index contributed by atoms with van der Waals surface area (Å²) in [5.41, 5.74) is 0.294. The van der Waals surface area contributed by atoms with Crippen LogP contribution in [0.4, 0.5) is 10.1 Å². The lowest BCUT2D eigenvalue weighted by Crippen LogP contribution is -2.13. The van der Waals surface area contributed by atoms with Gasteiger partial charge in [0.2, 0.25) is 0 Å². The van der Waals surface area contributed by atoms with Gasteiger partial charge in [0.1, 0.15) is 0 Å². The normalized spacial score (nSPS) is 10.3. The third kappa shape index (κ3) is 3.95. The lowest BCUT2D eigenvalue weighted by molar-refractivity contribution is 0.102. The monoisotopic (exact) mass is 401 g/mol. The molecule has 4 nitrogen and oxygen atoms in total. The van der Waals surface area contributed by atoms with Gasteiger partial charge in [0.25, 0.3) is 5.91 Å². The minimum atomic E-state index is -0.681. The molecule has 0 saturated heterocycles. The van der Waals surface area contributed by atoms with E-state index in [0.29, 0.717) is 22.6 Å². The van der Waals surface area contributed by atoms with Crippen LogP contribution in [0, 0.1) is 5.82 Å². The van der Waals surface area contributed by atoms with E-state index in [1.165, 1.54) is 25.3 Å². The van der Waals surface area contributed by atoms with E-state index in [1.54, 1.807) is 12.1 Å². The van der Waals surface area contributed by atoms with Gasteiger partial charge >= 0.3 is 0 Å². The van der Waals surface area contributed by atoms with Crippen LogP contribution in [0.3, 0.4) is 0 Å². The number of carbonyl (C=O) groups is 1. The Bertz CT molecular complexity index is 740. The van der Waals surface area contributed by atoms with E-state index in [-0.39, 0.29) is 16.3 Å². The highest BCUT2D eigenvalue weighted by Gasteiger charge is 2.17. The molecule has 0 aliphatic carbocycles. The number of benzene rings is 2. The van der Waals surface area contributed by atoms with Gasteiger partial charge in [-0.3, -0.25) is 4.79 Å². The quantitative estimate of drug-likeness (QED) is 0.774. The van der Waals surface area contributed by atoms with Crippen LogP contribution in [0.1, 0.15) is 17.3 Å². The number of hydrogen-bond acceptors (Lipinski definition) is 3. The first-order valence-electron chi connectivity index (χ1n) is 6.73. The Balaban J connectivity index is 2.32. The Labute approximate surface area is 146 Å². The molecule has 23 heavy (non-hydrogen) atoms. The molecule has 7 heteroatoms. The van der Waals surface area contributed by atoms with E-state index < -0.39 is 11.7 Å². The second-order valence-electron chi connectivity index (χ2n) is 4.48. The summed E-state index contributed by atoms with van der Waals surface area (Å²) >= 11 is 9.04. The molecule has 2 aromatic rings. The summed E-state index contributed by atoms with van der Waals surface area (Å²) in [6.07, 6.45) is 0. The first-order valence-corrected chi connectivity index (χ1v) is 7.90. The van der Waals surface area contributed by atoms with Crippen molar-refractivity contribution in [1.29, 1.82) is 0 Å². The average molecular weight is 403 g/mol. The Hall–Kier alpha value is -1.79. The van der Waals surface area contributed by atoms with Gasteiger partial charge in [-0.15, -0.1) is 0 Å². The number of carbonyl (C=O) groups excluding carboxylic acids is 1. The van der Waals surface area contributed by atoms with E-state index >= 15 is 0 Å². The molecule has 2 aromatic carbocycles. The van der Waals surface area contributed by atoms with Crippen LogP contribution in [0.5, 0.6) is 11.5 Å². The summed E-state index contributed by atoms with van der Waals surface area (Å²) in [5.74, 6) is -0.272. The largest absolute Gasteiger partial charge is 0.493 e. The maximum Gasteiger partial charge on any atom is 0.255 e. The van der Waals surface area contributed by atoms with Crippen LogP contribution in [0.15, 0.2) is 34.8 Å². The second kappa shape index (κ2) is 7.66. The summed E-state index contributed by atoms with van der Waals surface area (Å²) in [7, 11) is 1.47. The predicted molar refractivity (Wildman–Crippen MR) is 91.2 cm³/mol. The molecule has 1 amide bonds. The van der Waals surface area contributed by atoms with Crippen LogP contribution < -0.4 is 14.8 Å². The number of nitrogens with one attached hydrogen (secondary N) is 1. The topological polar surface area (TPSA) is 47.6 Å². The van der Waals surface area contributed by atoms with Crippen molar-refractivity contribution in [2.45, 2.75) is 6.92 Å². The zero-order valence-electron chi connectivity index (χ0n) is 12.5. The maximum absolute atomic E-state index is 13.9. The average Bonchev–Trinajstić information content (AvgIpc) is 2.53. The molecule has 0 unspecified atom stereocenters. The molecular weight excluding hydrogens is 389 g/mol. The maximum atomic E-state index is 13.9. The molecule has 1 N–H and O–H groups in total.